The summed E-state index contributed by atoms with van der Waals surface area (Å²) in [5.41, 5.74) is 1.75. The van der Waals surface area contributed by atoms with Crippen LogP contribution >= 0.6 is 15.9 Å². The molecule has 2 aromatic carbocycles. The van der Waals surface area contributed by atoms with Crippen LogP contribution in [0.4, 0.5) is 5.69 Å². The van der Waals surface area contributed by atoms with Crippen molar-refractivity contribution >= 4 is 31.6 Å². The maximum atomic E-state index is 13.1. The molecule has 0 N–H and O–H groups in total. The number of nitrogens with zero attached hydrogens (tertiary/aromatic N) is 1. The monoisotopic (exact) mass is 397 g/mol. The number of sulfonamides is 1. The number of rotatable bonds is 4. The van der Waals surface area contributed by atoms with Gasteiger partial charge in [-0.2, -0.15) is 0 Å². The molecule has 0 bridgehead atoms. The number of para-hydroxylation sites is 1. The van der Waals surface area contributed by atoms with Crippen molar-refractivity contribution in [3.63, 3.8) is 0 Å². The first kappa shape index (κ1) is 16.1. The van der Waals surface area contributed by atoms with E-state index >= 15 is 0 Å². The standard InChI is InChI=1S/C16H16BrNO4S/c1-21-14-10-16(15(22-2)9-12(14)17)23(19,20)18-8-7-11-5-3-4-6-13(11)18/h3-6,9-10H,7-8H2,1-2H3. The van der Waals surface area contributed by atoms with Crippen molar-refractivity contribution in [1.82, 2.24) is 0 Å². The molecule has 23 heavy (non-hydrogen) atoms. The molecule has 0 aliphatic carbocycles. The highest BCUT2D eigenvalue weighted by Gasteiger charge is 2.33. The average Bonchev–Trinajstić information content (AvgIpc) is 2.99. The van der Waals surface area contributed by atoms with Gasteiger partial charge in [0.15, 0.2) is 0 Å². The molecule has 0 atom stereocenters. The van der Waals surface area contributed by atoms with Gasteiger partial charge < -0.3 is 9.47 Å². The van der Waals surface area contributed by atoms with E-state index in [1.807, 2.05) is 24.3 Å². The molecular formula is C16H16BrNO4S. The lowest BCUT2D eigenvalue weighted by Gasteiger charge is -2.21. The fraction of sp³-hybridized carbons (Fsp3) is 0.250. The summed E-state index contributed by atoms with van der Waals surface area (Å²) in [6, 6.07) is 10.6. The van der Waals surface area contributed by atoms with Crippen LogP contribution in [-0.2, 0) is 16.4 Å². The first-order valence-electron chi connectivity index (χ1n) is 7.01. The maximum absolute atomic E-state index is 13.1. The van der Waals surface area contributed by atoms with Crippen molar-refractivity contribution in [2.75, 3.05) is 25.1 Å². The number of hydrogen-bond acceptors (Lipinski definition) is 4. The highest BCUT2D eigenvalue weighted by Crippen LogP contribution is 2.39. The van der Waals surface area contributed by atoms with Crippen LogP contribution in [0.2, 0.25) is 0 Å². The van der Waals surface area contributed by atoms with E-state index in [2.05, 4.69) is 15.9 Å². The van der Waals surface area contributed by atoms with E-state index in [4.69, 9.17) is 9.47 Å². The van der Waals surface area contributed by atoms with Gasteiger partial charge in [0.05, 0.1) is 24.4 Å². The molecule has 3 rings (SSSR count). The summed E-state index contributed by atoms with van der Waals surface area (Å²) >= 11 is 3.34. The number of anilines is 1. The minimum atomic E-state index is -3.74. The number of methoxy groups -OCH3 is 2. The van der Waals surface area contributed by atoms with Crippen LogP contribution in [-0.4, -0.2) is 29.2 Å². The Hall–Kier alpha value is -1.73. The third-order valence-electron chi connectivity index (χ3n) is 3.85. The highest BCUT2D eigenvalue weighted by atomic mass is 79.9. The third-order valence-corrected chi connectivity index (χ3v) is 6.30. The summed E-state index contributed by atoms with van der Waals surface area (Å²) in [7, 11) is -0.793. The van der Waals surface area contributed by atoms with Gasteiger partial charge in [-0.05, 0) is 40.0 Å². The second-order valence-corrected chi connectivity index (χ2v) is 7.78. The van der Waals surface area contributed by atoms with Crippen molar-refractivity contribution in [1.29, 1.82) is 0 Å². The summed E-state index contributed by atoms with van der Waals surface area (Å²) in [6.45, 7) is 0.420. The van der Waals surface area contributed by atoms with Gasteiger partial charge in [0.1, 0.15) is 16.4 Å². The molecular weight excluding hydrogens is 382 g/mol. The number of ether oxygens (including phenoxy) is 2. The normalized spacial score (nSPS) is 13.8. The summed E-state index contributed by atoms with van der Waals surface area (Å²) in [4.78, 5) is 0.0942. The highest BCUT2D eigenvalue weighted by molar-refractivity contribution is 9.10. The molecule has 122 valence electrons. The zero-order valence-electron chi connectivity index (χ0n) is 12.7. The van der Waals surface area contributed by atoms with E-state index in [1.54, 1.807) is 6.07 Å². The van der Waals surface area contributed by atoms with Gasteiger partial charge in [-0.1, -0.05) is 18.2 Å². The van der Waals surface area contributed by atoms with Crippen molar-refractivity contribution in [2.45, 2.75) is 11.3 Å². The topological polar surface area (TPSA) is 55.8 Å². The molecule has 0 saturated heterocycles. The Morgan fingerprint density at radius 1 is 1.09 bits per heavy atom. The summed E-state index contributed by atoms with van der Waals surface area (Å²) in [6.07, 6.45) is 0.700. The van der Waals surface area contributed by atoms with Gasteiger partial charge in [0.25, 0.3) is 10.0 Å². The average molecular weight is 398 g/mol. The minimum absolute atomic E-state index is 0.0942. The van der Waals surface area contributed by atoms with E-state index in [9.17, 15) is 8.42 Å². The van der Waals surface area contributed by atoms with Crippen molar-refractivity contribution in [2.24, 2.45) is 0 Å². The first-order valence-corrected chi connectivity index (χ1v) is 9.24. The van der Waals surface area contributed by atoms with Crippen LogP contribution in [0.3, 0.4) is 0 Å². The lowest BCUT2D eigenvalue weighted by atomic mass is 10.2. The molecule has 0 spiro atoms. The van der Waals surface area contributed by atoms with Crippen LogP contribution in [0.5, 0.6) is 11.5 Å². The van der Waals surface area contributed by atoms with Gasteiger partial charge >= 0.3 is 0 Å². The fourth-order valence-electron chi connectivity index (χ4n) is 2.71. The van der Waals surface area contributed by atoms with Crippen LogP contribution in [0.25, 0.3) is 0 Å². The van der Waals surface area contributed by atoms with Crippen molar-refractivity contribution in [3.05, 3.63) is 46.4 Å². The Morgan fingerprint density at radius 2 is 1.78 bits per heavy atom. The van der Waals surface area contributed by atoms with Gasteiger partial charge in [-0.25, -0.2) is 8.42 Å². The molecule has 0 fully saturated rings. The van der Waals surface area contributed by atoms with E-state index in [-0.39, 0.29) is 10.6 Å². The molecule has 1 aliphatic rings. The van der Waals surface area contributed by atoms with Crippen LogP contribution in [0.1, 0.15) is 5.56 Å². The number of hydrogen-bond donors (Lipinski definition) is 0. The molecule has 0 amide bonds. The second-order valence-electron chi connectivity index (χ2n) is 5.09. The Bertz CT molecular complexity index is 851. The SMILES string of the molecule is COc1cc(S(=O)(=O)N2CCc3ccccc32)c(OC)cc1Br. The van der Waals surface area contributed by atoms with Gasteiger partial charge in [-0.15, -0.1) is 0 Å². The first-order chi connectivity index (χ1) is 11.0. The summed E-state index contributed by atoms with van der Waals surface area (Å²) < 4.78 is 38.8. The van der Waals surface area contributed by atoms with Crippen LogP contribution in [0.15, 0.2) is 45.8 Å². The van der Waals surface area contributed by atoms with Crippen molar-refractivity contribution < 1.29 is 17.9 Å². The van der Waals surface area contributed by atoms with Gasteiger partial charge in [0.2, 0.25) is 0 Å². The number of benzene rings is 2. The Kier molecular flexibility index (Phi) is 4.25. The number of fused-ring (bicyclic) bond motifs is 1. The van der Waals surface area contributed by atoms with E-state index < -0.39 is 10.0 Å². The molecule has 1 heterocycles. The predicted octanol–water partition coefficient (Wildman–Crippen LogP) is 3.22. The quantitative estimate of drug-likeness (QED) is 0.794. The fourth-order valence-corrected chi connectivity index (χ4v) is 4.85. The molecule has 0 saturated carbocycles. The van der Waals surface area contributed by atoms with Gasteiger partial charge in [-0.3, -0.25) is 4.31 Å². The molecule has 0 radical (unpaired) electrons. The van der Waals surface area contributed by atoms with Crippen molar-refractivity contribution in [3.8, 4) is 11.5 Å². The smallest absolute Gasteiger partial charge is 0.268 e. The summed E-state index contributed by atoms with van der Waals surface area (Å²) in [5, 5.41) is 0. The zero-order chi connectivity index (χ0) is 16.6. The lowest BCUT2D eigenvalue weighted by molar-refractivity contribution is 0.390. The molecule has 0 unspecified atom stereocenters. The predicted molar refractivity (Wildman–Crippen MR) is 91.9 cm³/mol. The molecule has 0 aromatic heterocycles. The largest absolute Gasteiger partial charge is 0.496 e. The number of halogens is 1. The van der Waals surface area contributed by atoms with Gasteiger partial charge in [0, 0.05) is 12.6 Å². The Balaban J connectivity index is 2.14. The Morgan fingerprint density at radius 3 is 2.48 bits per heavy atom. The van der Waals surface area contributed by atoms with Crippen LogP contribution in [0, 0.1) is 0 Å². The van der Waals surface area contributed by atoms with Crippen LogP contribution < -0.4 is 13.8 Å². The Labute approximate surface area is 144 Å². The summed E-state index contributed by atoms with van der Waals surface area (Å²) in [5.74, 6) is 0.721. The van der Waals surface area contributed by atoms with E-state index in [0.29, 0.717) is 23.2 Å². The lowest BCUT2D eigenvalue weighted by Crippen LogP contribution is -2.29. The third kappa shape index (κ3) is 2.68. The molecule has 2 aromatic rings. The van der Waals surface area contributed by atoms with E-state index in [0.717, 1.165) is 11.3 Å². The molecule has 5 nitrogen and oxygen atoms in total. The molecule has 7 heteroatoms. The zero-order valence-corrected chi connectivity index (χ0v) is 15.1. The second kappa shape index (κ2) is 6.05. The maximum Gasteiger partial charge on any atom is 0.268 e. The van der Waals surface area contributed by atoms with E-state index in [1.165, 1.54) is 24.6 Å². The minimum Gasteiger partial charge on any atom is -0.496 e. The molecule has 1 aliphatic heterocycles.